The summed E-state index contributed by atoms with van der Waals surface area (Å²) in [6.07, 6.45) is 1.35. The van der Waals surface area contributed by atoms with Gasteiger partial charge in [0.1, 0.15) is 11.5 Å². The second-order valence-electron chi connectivity index (χ2n) is 6.16. The van der Waals surface area contributed by atoms with Gasteiger partial charge in [-0.15, -0.1) is 0 Å². The fourth-order valence-electron chi connectivity index (χ4n) is 2.53. The van der Waals surface area contributed by atoms with Gasteiger partial charge in [0.25, 0.3) is 11.6 Å². The number of carbonyl (C=O) groups excluding carboxylic acids is 2. The van der Waals surface area contributed by atoms with Crippen LogP contribution in [0.4, 0.5) is 5.69 Å². The fourth-order valence-corrected chi connectivity index (χ4v) is 2.53. The Kier molecular flexibility index (Phi) is 6.69. The maximum Gasteiger partial charge on any atom is 0.343 e. The van der Waals surface area contributed by atoms with E-state index >= 15 is 0 Å². The zero-order chi connectivity index (χ0) is 22.2. The van der Waals surface area contributed by atoms with E-state index in [4.69, 9.17) is 9.47 Å². The lowest BCUT2D eigenvalue weighted by Crippen LogP contribution is -2.17. The maximum atomic E-state index is 12.4. The van der Waals surface area contributed by atoms with Gasteiger partial charge in [0.15, 0.2) is 0 Å². The first kappa shape index (κ1) is 21.2. The van der Waals surface area contributed by atoms with Crippen LogP contribution in [0.1, 0.15) is 26.3 Å². The van der Waals surface area contributed by atoms with Crippen molar-refractivity contribution in [3.8, 4) is 11.5 Å². The molecule has 0 atom stereocenters. The number of nitro groups is 1. The SMILES string of the molecule is COc1ccc(C(=O)N/N=C/c2ccccc2OC(=O)c2ccc([N+](=O)[O-])cc2)cc1. The molecule has 31 heavy (non-hydrogen) atoms. The molecule has 0 unspecified atom stereocenters. The van der Waals surface area contributed by atoms with Gasteiger partial charge >= 0.3 is 5.97 Å². The van der Waals surface area contributed by atoms with Crippen molar-refractivity contribution in [2.75, 3.05) is 7.11 Å². The Morgan fingerprint density at radius 2 is 1.61 bits per heavy atom. The standard InChI is InChI=1S/C22H17N3O6/c1-30-19-12-8-15(9-13-19)21(26)24-23-14-17-4-2-3-5-20(17)31-22(27)16-6-10-18(11-7-16)25(28)29/h2-14H,1H3,(H,24,26)/b23-14+. The minimum Gasteiger partial charge on any atom is -0.497 e. The Bertz CT molecular complexity index is 1120. The summed E-state index contributed by atoms with van der Waals surface area (Å²) in [7, 11) is 1.53. The number of hydrazone groups is 1. The number of esters is 1. The highest BCUT2D eigenvalue weighted by Crippen LogP contribution is 2.19. The van der Waals surface area contributed by atoms with Crippen LogP contribution in [0.5, 0.6) is 11.5 Å². The molecule has 0 aliphatic carbocycles. The van der Waals surface area contributed by atoms with E-state index in [-0.39, 0.29) is 17.0 Å². The lowest BCUT2D eigenvalue weighted by molar-refractivity contribution is -0.384. The molecular formula is C22H17N3O6. The van der Waals surface area contributed by atoms with Crippen molar-refractivity contribution in [1.29, 1.82) is 0 Å². The van der Waals surface area contributed by atoms with Gasteiger partial charge in [-0.2, -0.15) is 5.10 Å². The molecule has 0 spiro atoms. The quantitative estimate of drug-likeness (QED) is 0.205. The van der Waals surface area contributed by atoms with Crippen molar-refractivity contribution in [3.05, 3.63) is 99.6 Å². The van der Waals surface area contributed by atoms with Crippen molar-refractivity contribution < 1.29 is 24.0 Å². The van der Waals surface area contributed by atoms with Crippen LogP contribution in [0, 0.1) is 10.1 Å². The molecule has 3 aromatic carbocycles. The number of amides is 1. The van der Waals surface area contributed by atoms with E-state index in [0.717, 1.165) is 0 Å². The molecule has 0 bridgehead atoms. The Labute approximate surface area is 177 Å². The highest BCUT2D eigenvalue weighted by atomic mass is 16.6. The molecule has 0 aliphatic rings. The first-order valence-electron chi connectivity index (χ1n) is 9.01. The number of ether oxygens (including phenoxy) is 2. The fraction of sp³-hybridized carbons (Fsp3) is 0.0455. The van der Waals surface area contributed by atoms with Crippen molar-refractivity contribution in [1.82, 2.24) is 5.43 Å². The van der Waals surface area contributed by atoms with Gasteiger partial charge in [-0.3, -0.25) is 14.9 Å². The number of hydrogen-bond acceptors (Lipinski definition) is 7. The average Bonchev–Trinajstić information content (AvgIpc) is 2.80. The van der Waals surface area contributed by atoms with Crippen LogP contribution in [-0.2, 0) is 0 Å². The van der Waals surface area contributed by atoms with E-state index in [0.29, 0.717) is 16.9 Å². The highest BCUT2D eigenvalue weighted by Gasteiger charge is 2.13. The largest absolute Gasteiger partial charge is 0.497 e. The van der Waals surface area contributed by atoms with E-state index in [2.05, 4.69) is 10.5 Å². The summed E-state index contributed by atoms with van der Waals surface area (Å²) in [6, 6.07) is 18.2. The number of carbonyl (C=O) groups is 2. The van der Waals surface area contributed by atoms with Crippen LogP contribution in [0.25, 0.3) is 0 Å². The molecule has 0 fully saturated rings. The predicted octanol–water partition coefficient (Wildman–Crippen LogP) is 3.59. The third-order valence-corrected chi connectivity index (χ3v) is 4.16. The van der Waals surface area contributed by atoms with Crippen LogP contribution >= 0.6 is 0 Å². The van der Waals surface area contributed by atoms with Crippen LogP contribution in [0.2, 0.25) is 0 Å². The first-order chi connectivity index (χ1) is 15.0. The number of methoxy groups -OCH3 is 1. The molecule has 3 rings (SSSR count). The smallest absolute Gasteiger partial charge is 0.343 e. The summed E-state index contributed by atoms with van der Waals surface area (Å²) in [5, 5.41) is 14.6. The average molecular weight is 419 g/mol. The van der Waals surface area contributed by atoms with Gasteiger partial charge in [0.05, 0.1) is 23.8 Å². The molecule has 3 aromatic rings. The summed E-state index contributed by atoms with van der Waals surface area (Å²) < 4.78 is 10.4. The molecule has 0 saturated heterocycles. The lowest BCUT2D eigenvalue weighted by atomic mass is 10.2. The van der Waals surface area contributed by atoms with Gasteiger partial charge in [0, 0.05) is 23.3 Å². The summed E-state index contributed by atoms with van der Waals surface area (Å²) in [5.74, 6) is -0.255. The van der Waals surface area contributed by atoms with E-state index in [1.54, 1.807) is 48.5 Å². The van der Waals surface area contributed by atoms with Crippen LogP contribution in [0.15, 0.2) is 77.9 Å². The molecule has 1 amide bonds. The van der Waals surface area contributed by atoms with Crippen molar-refractivity contribution in [2.24, 2.45) is 5.10 Å². The molecule has 9 heteroatoms. The Hall–Kier alpha value is -4.53. The lowest BCUT2D eigenvalue weighted by Gasteiger charge is -2.07. The van der Waals surface area contributed by atoms with Crippen molar-refractivity contribution in [3.63, 3.8) is 0 Å². The molecule has 156 valence electrons. The molecule has 0 saturated carbocycles. The molecule has 0 radical (unpaired) electrons. The monoisotopic (exact) mass is 419 g/mol. The molecule has 0 aliphatic heterocycles. The number of nitrogens with zero attached hydrogens (tertiary/aromatic N) is 2. The molecule has 0 aromatic heterocycles. The number of nitrogens with one attached hydrogen (secondary N) is 1. The number of benzene rings is 3. The van der Waals surface area contributed by atoms with Crippen LogP contribution in [-0.4, -0.2) is 30.1 Å². The minimum absolute atomic E-state index is 0.128. The zero-order valence-electron chi connectivity index (χ0n) is 16.3. The van der Waals surface area contributed by atoms with E-state index < -0.39 is 16.8 Å². The second kappa shape index (κ2) is 9.79. The summed E-state index contributed by atoms with van der Waals surface area (Å²) >= 11 is 0. The highest BCUT2D eigenvalue weighted by molar-refractivity contribution is 5.96. The van der Waals surface area contributed by atoms with E-state index in [1.165, 1.54) is 37.6 Å². The van der Waals surface area contributed by atoms with Crippen molar-refractivity contribution >= 4 is 23.8 Å². The van der Waals surface area contributed by atoms with Gasteiger partial charge in [-0.1, -0.05) is 12.1 Å². The third kappa shape index (κ3) is 5.51. The van der Waals surface area contributed by atoms with Gasteiger partial charge in [0.2, 0.25) is 0 Å². The van der Waals surface area contributed by atoms with Crippen LogP contribution in [0.3, 0.4) is 0 Å². The summed E-state index contributed by atoms with van der Waals surface area (Å²) in [6.45, 7) is 0. The molecule has 1 N–H and O–H groups in total. The third-order valence-electron chi connectivity index (χ3n) is 4.16. The number of nitro benzene ring substituents is 1. The van der Waals surface area contributed by atoms with Gasteiger partial charge < -0.3 is 9.47 Å². The second-order valence-corrected chi connectivity index (χ2v) is 6.16. The predicted molar refractivity (Wildman–Crippen MR) is 113 cm³/mol. The number of para-hydroxylation sites is 1. The minimum atomic E-state index is -0.682. The van der Waals surface area contributed by atoms with Crippen molar-refractivity contribution in [2.45, 2.75) is 0 Å². The molecule has 9 nitrogen and oxygen atoms in total. The summed E-state index contributed by atoms with van der Waals surface area (Å²) in [4.78, 5) is 34.7. The summed E-state index contributed by atoms with van der Waals surface area (Å²) in [5.41, 5.74) is 3.28. The number of rotatable bonds is 7. The van der Waals surface area contributed by atoms with Crippen LogP contribution < -0.4 is 14.9 Å². The topological polar surface area (TPSA) is 120 Å². The maximum absolute atomic E-state index is 12.4. The normalized spacial score (nSPS) is 10.5. The van der Waals surface area contributed by atoms with Gasteiger partial charge in [-0.25, -0.2) is 10.2 Å². The van der Waals surface area contributed by atoms with E-state index in [9.17, 15) is 19.7 Å². The Morgan fingerprint density at radius 3 is 2.26 bits per heavy atom. The molecular weight excluding hydrogens is 402 g/mol. The Morgan fingerprint density at radius 1 is 0.968 bits per heavy atom. The number of hydrogen-bond donors (Lipinski definition) is 1. The Balaban J connectivity index is 1.67. The van der Waals surface area contributed by atoms with E-state index in [1.807, 2.05) is 0 Å². The zero-order valence-corrected chi connectivity index (χ0v) is 16.3. The first-order valence-corrected chi connectivity index (χ1v) is 9.01. The number of non-ortho nitro benzene ring substituents is 1. The van der Waals surface area contributed by atoms with Gasteiger partial charge in [-0.05, 0) is 48.5 Å². The molecule has 0 heterocycles.